The van der Waals surface area contributed by atoms with E-state index in [1.165, 1.54) is 32.1 Å². The van der Waals surface area contributed by atoms with Crippen LogP contribution < -0.4 is 10.0 Å². The maximum Gasteiger partial charge on any atom is 0.261 e. The Balaban J connectivity index is 1.31. The zero-order chi connectivity index (χ0) is 20.3. The summed E-state index contributed by atoms with van der Waals surface area (Å²) >= 11 is 0. The van der Waals surface area contributed by atoms with Crippen molar-refractivity contribution in [2.75, 3.05) is 4.72 Å². The Kier molecular flexibility index (Phi) is 5.90. The van der Waals surface area contributed by atoms with E-state index in [0.29, 0.717) is 11.3 Å². The molecule has 2 aliphatic rings. The SMILES string of the molecule is O=C(NC1CCC(C2CCC2)CC1)c1ccc(NS(=O)(=O)c2ccccc2)cc1. The molecule has 29 heavy (non-hydrogen) atoms. The monoisotopic (exact) mass is 412 g/mol. The lowest BCUT2D eigenvalue weighted by Crippen LogP contribution is -2.39. The van der Waals surface area contributed by atoms with Crippen molar-refractivity contribution < 1.29 is 13.2 Å². The summed E-state index contributed by atoms with van der Waals surface area (Å²) in [5.41, 5.74) is 0.986. The highest BCUT2D eigenvalue weighted by atomic mass is 32.2. The first-order valence-electron chi connectivity index (χ1n) is 10.5. The van der Waals surface area contributed by atoms with Gasteiger partial charge in [0.05, 0.1) is 4.90 Å². The first-order valence-corrected chi connectivity index (χ1v) is 12.0. The summed E-state index contributed by atoms with van der Waals surface area (Å²) in [4.78, 5) is 12.8. The molecule has 2 saturated carbocycles. The molecule has 0 atom stereocenters. The van der Waals surface area contributed by atoms with Gasteiger partial charge in [0, 0.05) is 17.3 Å². The number of carbonyl (C=O) groups is 1. The summed E-state index contributed by atoms with van der Waals surface area (Å²) in [6.07, 6.45) is 8.72. The lowest BCUT2D eigenvalue weighted by molar-refractivity contribution is 0.0901. The number of benzene rings is 2. The predicted octanol–water partition coefficient (Wildman–Crippen LogP) is 4.58. The Morgan fingerprint density at radius 1 is 0.793 bits per heavy atom. The van der Waals surface area contributed by atoms with Gasteiger partial charge < -0.3 is 5.32 Å². The summed E-state index contributed by atoms with van der Waals surface area (Å²) in [7, 11) is -3.63. The van der Waals surface area contributed by atoms with Gasteiger partial charge >= 0.3 is 0 Å². The van der Waals surface area contributed by atoms with E-state index >= 15 is 0 Å². The van der Waals surface area contributed by atoms with Gasteiger partial charge in [-0.3, -0.25) is 9.52 Å². The van der Waals surface area contributed by atoms with Gasteiger partial charge in [-0.05, 0) is 73.9 Å². The van der Waals surface area contributed by atoms with Crippen LogP contribution in [0.3, 0.4) is 0 Å². The molecule has 2 fully saturated rings. The van der Waals surface area contributed by atoms with Crippen molar-refractivity contribution in [3.8, 4) is 0 Å². The Labute approximate surface area is 173 Å². The van der Waals surface area contributed by atoms with E-state index in [-0.39, 0.29) is 16.8 Å². The Morgan fingerprint density at radius 2 is 1.41 bits per heavy atom. The van der Waals surface area contributed by atoms with Crippen LogP contribution >= 0.6 is 0 Å². The molecule has 0 saturated heterocycles. The van der Waals surface area contributed by atoms with Crippen molar-refractivity contribution in [2.45, 2.75) is 55.9 Å². The summed E-state index contributed by atoms with van der Waals surface area (Å²) in [6.45, 7) is 0. The average Bonchev–Trinajstić information content (AvgIpc) is 2.69. The molecular formula is C23H28N2O3S. The van der Waals surface area contributed by atoms with Crippen LogP contribution in [0, 0.1) is 11.8 Å². The van der Waals surface area contributed by atoms with Crippen molar-refractivity contribution in [3.63, 3.8) is 0 Å². The first-order chi connectivity index (χ1) is 14.0. The molecular weight excluding hydrogens is 384 g/mol. The van der Waals surface area contributed by atoms with Crippen molar-refractivity contribution in [1.29, 1.82) is 0 Å². The van der Waals surface area contributed by atoms with Crippen molar-refractivity contribution >= 4 is 21.6 Å². The standard InChI is InChI=1S/C23H28N2O3S/c26-23(24-20-13-9-18(10-14-20)17-5-4-6-17)19-11-15-21(16-12-19)25-29(27,28)22-7-2-1-3-8-22/h1-3,7-8,11-12,15-18,20,25H,4-6,9-10,13-14H2,(H,24,26). The van der Waals surface area contributed by atoms with Gasteiger partial charge in [-0.25, -0.2) is 8.42 Å². The molecule has 0 unspecified atom stereocenters. The van der Waals surface area contributed by atoms with E-state index in [1.807, 2.05) is 0 Å². The molecule has 0 bridgehead atoms. The van der Waals surface area contributed by atoms with Gasteiger partial charge in [0.25, 0.3) is 15.9 Å². The lowest BCUT2D eigenvalue weighted by Gasteiger charge is -2.38. The fraction of sp³-hybridized carbons (Fsp3) is 0.435. The number of anilines is 1. The van der Waals surface area contributed by atoms with Crippen LogP contribution in [0.25, 0.3) is 0 Å². The van der Waals surface area contributed by atoms with E-state index < -0.39 is 10.0 Å². The second kappa shape index (κ2) is 8.57. The number of amides is 1. The number of hydrogen-bond donors (Lipinski definition) is 2. The molecule has 0 aliphatic heterocycles. The molecule has 0 spiro atoms. The largest absolute Gasteiger partial charge is 0.349 e. The minimum Gasteiger partial charge on any atom is -0.349 e. The molecule has 4 rings (SSSR count). The van der Waals surface area contributed by atoms with Crippen LogP contribution in [0.15, 0.2) is 59.5 Å². The van der Waals surface area contributed by atoms with Gasteiger partial charge in [0.2, 0.25) is 0 Å². The molecule has 2 aromatic carbocycles. The van der Waals surface area contributed by atoms with Gasteiger partial charge in [-0.2, -0.15) is 0 Å². The molecule has 0 heterocycles. The highest BCUT2D eigenvalue weighted by Crippen LogP contribution is 2.40. The maximum absolute atomic E-state index is 12.6. The molecule has 0 aromatic heterocycles. The highest BCUT2D eigenvalue weighted by Gasteiger charge is 2.31. The summed E-state index contributed by atoms with van der Waals surface area (Å²) in [6, 6.07) is 15.1. The molecule has 6 heteroatoms. The topological polar surface area (TPSA) is 75.3 Å². The Morgan fingerprint density at radius 3 is 2.00 bits per heavy atom. The number of carbonyl (C=O) groups excluding carboxylic acids is 1. The van der Waals surface area contributed by atoms with Crippen molar-refractivity contribution in [3.05, 3.63) is 60.2 Å². The van der Waals surface area contributed by atoms with Crippen LogP contribution in [0.5, 0.6) is 0 Å². The fourth-order valence-corrected chi connectivity index (χ4v) is 5.50. The van der Waals surface area contributed by atoms with Crippen LogP contribution in [-0.4, -0.2) is 20.4 Å². The highest BCUT2D eigenvalue weighted by molar-refractivity contribution is 7.92. The van der Waals surface area contributed by atoms with E-state index in [2.05, 4.69) is 10.0 Å². The zero-order valence-electron chi connectivity index (χ0n) is 16.5. The Hall–Kier alpha value is -2.34. The first kappa shape index (κ1) is 20.0. The van der Waals surface area contributed by atoms with Gasteiger partial charge in [0.15, 0.2) is 0 Å². The second-order valence-electron chi connectivity index (χ2n) is 8.27. The normalized spacial score (nSPS) is 22.5. The van der Waals surface area contributed by atoms with Crippen LogP contribution in [-0.2, 0) is 10.0 Å². The minimum absolute atomic E-state index is 0.0884. The molecule has 5 nitrogen and oxygen atoms in total. The number of hydrogen-bond acceptors (Lipinski definition) is 3. The number of rotatable bonds is 6. The summed E-state index contributed by atoms with van der Waals surface area (Å²) in [5, 5.41) is 3.15. The molecule has 2 aromatic rings. The van der Waals surface area contributed by atoms with E-state index in [0.717, 1.165) is 24.7 Å². The summed E-state index contributed by atoms with van der Waals surface area (Å²) < 4.78 is 27.3. The smallest absolute Gasteiger partial charge is 0.261 e. The van der Waals surface area contributed by atoms with Crippen molar-refractivity contribution in [1.82, 2.24) is 5.32 Å². The van der Waals surface area contributed by atoms with Gasteiger partial charge in [-0.15, -0.1) is 0 Å². The van der Waals surface area contributed by atoms with Gasteiger partial charge in [0.1, 0.15) is 0 Å². The minimum atomic E-state index is -3.63. The van der Waals surface area contributed by atoms with Crippen LogP contribution in [0.1, 0.15) is 55.3 Å². The average molecular weight is 413 g/mol. The third kappa shape index (κ3) is 4.81. The second-order valence-corrected chi connectivity index (χ2v) is 9.95. The van der Waals surface area contributed by atoms with E-state index in [4.69, 9.17) is 0 Å². The van der Waals surface area contributed by atoms with Crippen LogP contribution in [0.2, 0.25) is 0 Å². The molecule has 1 amide bonds. The van der Waals surface area contributed by atoms with E-state index in [1.54, 1.807) is 54.6 Å². The Bertz CT molecular complexity index is 930. The quantitative estimate of drug-likeness (QED) is 0.729. The molecule has 2 N–H and O–H groups in total. The fourth-order valence-electron chi connectivity index (χ4n) is 4.42. The maximum atomic E-state index is 12.6. The molecule has 154 valence electrons. The van der Waals surface area contributed by atoms with Crippen molar-refractivity contribution in [2.24, 2.45) is 11.8 Å². The molecule has 2 aliphatic carbocycles. The third-order valence-corrected chi connectivity index (χ3v) is 7.77. The van der Waals surface area contributed by atoms with Crippen LogP contribution in [0.4, 0.5) is 5.69 Å². The number of nitrogens with one attached hydrogen (secondary N) is 2. The zero-order valence-corrected chi connectivity index (χ0v) is 17.3. The number of sulfonamides is 1. The lowest BCUT2D eigenvalue weighted by atomic mass is 9.69. The third-order valence-electron chi connectivity index (χ3n) is 6.38. The molecule has 0 radical (unpaired) electrons. The van der Waals surface area contributed by atoms with E-state index in [9.17, 15) is 13.2 Å². The predicted molar refractivity (Wildman–Crippen MR) is 114 cm³/mol. The summed E-state index contributed by atoms with van der Waals surface area (Å²) in [5.74, 6) is 1.70. The van der Waals surface area contributed by atoms with Gasteiger partial charge in [-0.1, -0.05) is 37.5 Å².